The van der Waals surface area contributed by atoms with Crippen molar-refractivity contribution in [1.82, 2.24) is 10.2 Å². The number of primary sulfonamides is 1. The molecule has 3 N–H and O–H groups in total. The second-order valence-corrected chi connectivity index (χ2v) is 13.9. The smallest absolute Gasteiger partial charge is 0.338 e. The fourth-order valence-corrected chi connectivity index (χ4v) is 6.89. The summed E-state index contributed by atoms with van der Waals surface area (Å²) in [5.74, 6) is 0.377. The van der Waals surface area contributed by atoms with Gasteiger partial charge in [-0.2, -0.15) is 0 Å². The molecule has 2 aromatic rings. The normalized spacial score (nSPS) is 18.4. The van der Waals surface area contributed by atoms with Gasteiger partial charge < -0.3 is 19.7 Å². The van der Waals surface area contributed by atoms with E-state index < -0.39 is 10.0 Å². The van der Waals surface area contributed by atoms with Crippen molar-refractivity contribution in [2.24, 2.45) is 10.6 Å². The molecule has 12 heteroatoms. The number of ether oxygens (including phenoxy) is 2. The molecule has 11 nitrogen and oxygen atoms in total. The molecule has 1 saturated carbocycles. The van der Waals surface area contributed by atoms with E-state index in [4.69, 9.17) is 14.6 Å². The minimum Gasteiger partial charge on any atom is -0.494 e. The summed E-state index contributed by atoms with van der Waals surface area (Å²) in [4.78, 5) is 42.3. The van der Waals surface area contributed by atoms with Gasteiger partial charge in [0.1, 0.15) is 5.75 Å². The first kappa shape index (κ1) is 31.9. The first-order valence-electron chi connectivity index (χ1n) is 15.3. The van der Waals surface area contributed by atoms with Crippen LogP contribution < -0.4 is 20.1 Å². The van der Waals surface area contributed by atoms with Crippen LogP contribution in [0.5, 0.6) is 5.75 Å². The summed E-state index contributed by atoms with van der Waals surface area (Å²) in [6, 6.07) is 10.9. The minimum atomic E-state index is -3.56. The van der Waals surface area contributed by atoms with Gasteiger partial charge in [0.2, 0.25) is 15.9 Å². The van der Waals surface area contributed by atoms with E-state index in [1.54, 1.807) is 24.3 Å². The lowest BCUT2D eigenvalue weighted by atomic mass is 9.77. The average molecular weight is 627 g/mol. The quantitative estimate of drug-likeness (QED) is 0.270. The van der Waals surface area contributed by atoms with Gasteiger partial charge in [0.25, 0.3) is 5.91 Å². The van der Waals surface area contributed by atoms with Crippen molar-refractivity contribution >= 4 is 33.5 Å². The third-order valence-corrected chi connectivity index (χ3v) is 9.78. The number of piperidine rings is 1. The number of sulfonamides is 1. The minimum absolute atomic E-state index is 0.0877. The van der Waals surface area contributed by atoms with Crippen molar-refractivity contribution in [1.29, 1.82) is 0 Å². The van der Waals surface area contributed by atoms with Crippen LogP contribution >= 0.6 is 0 Å². The second-order valence-electron chi connectivity index (χ2n) is 12.2. The molecule has 238 valence electrons. The van der Waals surface area contributed by atoms with Gasteiger partial charge in [-0.05, 0) is 105 Å². The van der Waals surface area contributed by atoms with E-state index >= 15 is 0 Å². The van der Waals surface area contributed by atoms with Crippen molar-refractivity contribution in [3.8, 4) is 5.75 Å². The number of carbonyl (C=O) groups is 3. The molecular weight excluding hydrogens is 584 g/mol. The van der Waals surface area contributed by atoms with Crippen LogP contribution in [0.15, 0.2) is 36.4 Å². The molecular formula is C32H42N4O7S. The zero-order chi connectivity index (χ0) is 31.5. The predicted molar refractivity (Wildman–Crippen MR) is 166 cm³/mol. The van der Waals surface area contributed by atoms with Gasteiger partial charge in [-0.15, -0.1) is 0 Å². The van der Waals surface area contributed by atoms with Crippen LogP contribution in [-0.2, 0) is 26.1 Å². The Balaban J connectivity index is 1.19. The first-order valence-corrected chi connectivity index (χ1v) is 17.0. The van der Waals surface area contributed by atoms with E-state index in [0.717, 1.165) is 67.9 Å². The van der Waals surface area contributed by atoms with Crippen LogP contribution in [0.4, 0.5) is 5.69 Å². The van der Waals surface area contributed by atoms with Crippen molar-refractivity contribution < 1.29 is 32.3 Å². The Hall–Kier alpha value is -3.48. The van der Waals surface area contributed by atoms with E-state index in [1.807, 2.05) is 17.9 Å². The van der Waals surface area contributed by atoms with Crippen molar-refractivity contribution in [2.45, 2.75) is 57.9 Å². The second kappa shape index (κ2) is 13.3. The molecule has 0 aromatic heterocycles. The number of rotatable bonds is 12. The van der Waals surface area contributed by atoms with Crippen LogP contribution in [0.1, 0.15) is 83.2 Å². The number of benzene rings is 2. The highest BCUT2D eigenvalue weighted by atomic mass is 32.2. The van der Waals surface area contributed by atoms with Gasteiger partial charge in [0.15, 0.2) is 0 Å². The highest BCUT2D eigenvalue weighted by Crippen LogP contribution is 2.45. The number of likely N-dealkylation sites (tertiary alicyclic amines) is 1. The van der Waals surface area contributed by atoms with E-state index in [2.05, 4.69) is 16.3 Å². The van der Waals surface area contributed by atoms with Crippen LogP contribution in [0.2, 0.25) is 0 Å². The van der Waals surface area contributed by atoms with E-state index in [0.29, 0.717) is 36.6 Å². The van der Waals surface area contributed by atoms with Crippen LogP contribution in [-0.4, -0.2) is 76.7 Å². The number of hydrogen-bond donors (Lipinski definition) is 2. The molecule has 0 atom stereocenters. The number of anilines is 1. The molecule has 0 bridgehead atoms. The van der Waals surface area contributed by atoms with Gasteiger partial charge in [0.05, 0.1) is 25.0 Å². The van der Waals surface area contributed by atoms with Crippen molar-refractivity contribution in [3.05, 3.63) is 58.7 Å². The van der Waals surface area contributed by atoms with Gasteiger partial charge in [0, 0.05) is 42.9 Å². The van der Waals surface area contributed by atoms with Gasteiger partial charge >= 0.3 is 5.97 Å². The third-order valence-electron chi connectivity index (χ3n) is 8.92. The number of methoxy groups -OCH3 is 1. The van der Waals surface area contributed by atoms with Crippen LogP contribution in [0.3, 0.4) is 0 Å². The van der Waals surface area contributed by atoms with Gasteiger partial charge in [-0.25, -0.2) is 18.4 Å². The zero-order valence-corrected chi connectivity index (χ0v) is 26.3. The highest BCUT2D eigenvalue weighted by Gasteiger charge is 2.45. The number of nitrogens with two attached hydrogens (primary N) is 1. The molecule has 3 aliphatic rings. The molecule has 0 radical (unpaired) electrons. The number of hydrogen-bond acceptors (Lipinski definition) is 8. The molecule has 2 heterocycles. The fourth-order valence-electron chi connectivity index (χ4n) is 6.34. The number of carbonyl (C=O) groups excluding carboxylic acids is 3. The Labute approximate surface area is 259 Å². The molecule has 2 aromatic carbocycles. The predicted octanol–water partition coefficient (Wildman–Crippen LogP) is 3.18. The van der Waals surface area contributed by atoms with Crippen molar-refractivity contribution in [3.63, 3.8) is 0 Å². The SMILES string of the molecule is CCOc1cc(C(=O)OC)c(C2CC2)cc1CN1CCC2(CC1)CC(=O)N(c1ccc(C(=O)NCCCS(N)(=O)=O)cc1)C2. The summed E-state index contributed by atoms with van der Waals surface area (Å²) < 4.78 is 33.1. The molecule has 44 heavy (non-hydrogen) atoms. The number of esters is 1. The van der Waals surface area contributed by atoms with E-state index in [1.165, 1.54) is 7.11 Å². The topological polar surface area (TPSA) is 148 Å². The summed E-state index contributed by atoms with van der Waals surface area (Å²) in [6.45, 7) is 5.72. The maximum Gasteiger partial charge on any atom is 0.338 e. The molecule has 1 spiro atoms. The summed E-state index contributed by atoms with van der Waals surface area (Å²) in [5.41, 5.74) is 3.83. The molecule has 3 fully saturated rings. The Morgan fingerprint density at radius 3 is 2.43 bits per heavy atom. The summed E-state index contributed by atoms with van der Waals surface area (Å²) in [5, 5.41) is 7.69. The van der Waals surface area contributed by atoms with Gasteiger partial charge in [-0.1, -0.05) is 0 Å². The summed E-state index contributed by atoms with van der Waals surface area (Å²) in [6.07, 6.45) is 4.68. The number of nitrogens with one attached hydrogen (secondary N) is 1. The fraction of sp³-hybridized carbons (Fsp3) is 0.531. The first-order chi connectivity index (χ1) is 21.0. The zero-order valence-electron chi connectivity index (χ0n) is 25.5. The molecule has 2 amide bonds. The van der Waals surface area contributed by atoms with Crippen molar-refractivity contribution in [2.75, 3.05) is 50.5 Å². The lowest BCUT2D eigenvalue weighted by Gasteiger charge is -2.39. The lowest BCUT2D eigenvalue weighted by molar-refractivity contribution is -0.118. The maximum absolute atomic E-state index is 13.1. The van der Waals surface area contributed by atoms with Crippen LogP contribution in [0.25, 0.3) is 0 Å². The largest absolute Gasteiger partial charge is 0.494 e. The summed E-state index contributed by atoms with van der Waals surface area (Å²) in [7, 11) is -2.15. The molecule has 5 rings (SSSR count). The molecule has 2 saturated heterocycles. The molecule has 0 unspecified atom stereocenters. The average Bonchev–Trinajstić information content (AvgIpc) is 3.80. The molecule has 1 aliphatic carbocycles. The third kappa shape index (κ3) is 7.59. The van der Waals surface area contributed by atoms with Gasteiger partial charge in [-0.3, -0.25) is 14.5 Å². The number of amides is 2. The monoisotopic (exact) mass is 626 g/mol. The Morgan fingerprint density at radius 1 is 1.11 bits per heavy atom. The Morgan fingerprint density at radius 2 is 1.82 bits per heavy atom. The number of nitrogens with zero attached hydrogens (tertiary/aromatic N) is 2. The van der Waals surface area contributed by atoms with E-state index in [9.17, 15) is 22.8 Å². The Kier molecular flexibility index (Phi) is 9.62. The van der Waals surface area contributed by atoms with E-state index in [-0.39, 0.29) is 41.9 Å². The molecule has 2 aliphatic heterocycles. The maximum atomic E-state index is 13.1. The summed E-state index contributed by atoms with van der Waals surface area (Å²) >= 11 is 0. The van der Waals surface area contributed by atoms with Crippen LogP contribution in [0, 0.1) is 5.41 Å². The lowest BCUT2D eigenvalue weighted by Crippen LogP contribution is -2.41. The Bertz CT molecular complexity index is 1500. The standard InChI is InChI=1S/C32H42N4O7S/c1-3-43-28-18-27(31(39)42-2)26(22-5-6-22)17-24(28)20-35-14-11-32(12-15-35)19-29(37)36(21-32)25-9-7-23(8-10-25)30(38)34-13-4-16-44(33,40)41/h7-10,17-18,22H,3-6,11-16,19-21H2,1-2H3,(H,34,38)(H2,33,40,41). The highest BCUT2D eigenvalue weighted by molar-refractivity contribution is 7.89.